The Bertz CT molecular complexity index is 313. The van der Waals surface area contributed by atoms with Gasteiger partial charge >= 0.3 is 0 Å². The molecule has 0 saturated carbocycles. The maximum atomic E-state index is 10.7. The summed E-state index contributed by atoms with van der Waals surface area (Å²) in [5.74, 6) is -0.594. The molecule has 13 heavy (non-hydrogen) atoms. The van der Waals surface area contributed by atoms with Crippen LogP contribution in [0, 0.1) is 0 Å². The van der Waals surface area contributed by atoms with Gasteiger partial charge in [-0.3, -0.25) is 4.79 Å². The molecule has 1 unspecified atom stereocenters. The van der Waals surface area contributed by atoms with E-state index in [9.17, 15) is 4.79 Å². The van der Waals surface area contributed by atoms with Gasteiger partial charge in [0.2, 0.25) is 5.91 Å². The van der Waals surface area contributed by atoms with Crippen LogP contribution in [-0.2, 0) is 9.53 Å². The highest BCUT2D eigenvalue weighted by atomic mass is 16.5. The lowest BCUT2D eigenvalue weighted by atomic mass is 10.1. The van der Waals surface area contributed by atoms with Crippen LogP contribution in [0.3, 0.4) is 0 Å². The number of carbonyl (C=O) groups excluding carboxylic acids is 1. The van der Waals surface area contributed by atoms with Crippen molar-refractivity contribution < 1.29 is 9.53 Å². The van der Waals surface area contributed by atoms with Crippen LogP contribution in [-0.4, -0.2) is 12.0 Å². The van der Waals surface area contributed by atoms with Crippen molar-refractivity contribution >= 4 is 5.91 Å². The molecular formula is C8H9N3O2. The molecule has 1 aliphatic rings. The van der Waals surface area contributed by atoms with Crippen molar-refractivity contribution in [2.45, 2.75) is 19.4 Å². The van der Waals surface area contributed by atoms with Gasteiger partial charge in [-0.25, -0.2) is 0 Å². The topological polar surface area (TPSA) is 75.1 Å². The van der Waals surface area contributed by atoms with Crippen molar-refractivity contribution in [1.29, 1.82) is 0 Å². The minimum Gasteiger partial charge on any atom is -0.498 e. The first kappa shape index (κ1) is 9.35. The summed E-state index contributed by atoms with van der Waals surface area (Å²) in [7, 11) is 0. The predicted octanol–water partition coefficient (Wildman–Crippen LogP) is 2.07. The predicted molar refractivity (Wildman–Crippen MR) is 46.5 cm³/mol. The maximum absolute atomic E-state index is 10.7. The molecule has 1 heterocycles. The Morgan fingerprint density at radius 3 is 3.23 bits per heavy atom. The van der Waals surface area contributed by atoms with Crippen molar-refractivity contribution in [3.63, 3.8) is 0 Å². The van der Waals surface area contributed by atoms with E-state index >= 15 is 0 Å². The molecule has 0 radical (unpaired) electrons. The second kappa shape index (κ2) is 4.33. The first-order valence-corrected chi connectivity index (χ1v) is 3.84. The number of allylic oxidation sites excluding steroid dienone is 1. The van der Waals surface area contributed by atoms with Gasteiger partial charge in [-0.15, -0.1) is 0 Å². The van der Waals surface area contributed by atoms with Gasteiger partial charge in [0.15, 0.2) is 0 Å². The van der Waals surface area contributed by atoms with Crippen molar-refractivity contribution in [1.82, 2.24) is 0 Å². The molecule has 0 spiro atoms. The van der Waals surface area contributed by atoms with E-state index in [1.165, 1.54) is 6.08 Å². The van der Waals surface area contributed by atoms with Gasteiger partial charge in [-0.2, -0.15) is 0 Å². The molecule has 5 nitrogen and oxygen atoms in total. The number of carbonyl (C=O) groups is 1. The molecule has 0 aromatic carbocycles. The molecule has 5 heteroatoms. The summed E-state index contributed by atoms with van der Waals surface area (Å²) < 4.78 is 5.13. The first-order chi connectivity index (χ1) is 6.22. The quantitative estimate of drug-likeness (QED) is 0.281. The summed E-state index contributed by atoms with van der Waals surface area (Å²) in [4.78, 5) is 13.1. The van der Waals surface area contributed by atoms with Crippen molar-refractivity contribution in [2.24, 2.45) is 5.11 Å². The summed E-state index contributed by atoms with van der Waals surface area (Å²) in [6, 6.07) is 0. The van der Waals surface area contributed by atoms with Crippen LogP contribution in [0.2, 0.25) is 0 Å². The van der Waals surface area contributed by atoms with Gasteiger partial charge in [-0.05, 0) is 29.2 Å². The molecule has 0 bridgehead atoms. The zero-order valence-corrected chi connectivity index (χ0v) is 7.17. The van der Waals surface area contributed by atoms with Gasteiger partial charge < -0.3 is 4.74 Å². The lowest BCUT2D eigenvalue weighted by Crippen LogP contribution is -1.95. The smallest absolute Gasteiger partial charge is 0.242 e. The Morgan fingerprint density at radius 2 is 2.69 bits per heavy atom. The second-order valence-corrected chi connectivity index (χ2v) is 2.70. The van der Waals surface area contributed by atoms with E-state index in [2.05, 4.69) is 10.0 Å². The van der Waals surface area contributed by atoms with Gasteiger partial charge in [0, 0.05) is 11.3 Å². The second-order valence-electron chi connectivity index (χ2n) is 2.70. The molecule has 1 amide bonds. The zero-order chi connectivity index (χ0) is 9.68. The van der Waals surface area contributed by atoms with E-state index in [1.54, 1.807) is 12.3 Å². The zero-order valence-electron chi connectivity index (χ0n) is 7.17. The fraction of sp³-hybridized carbons (Fsp3) is 0.375. The number of azide groups is 1. The van der Waals surface area contributed by atoms with Crippen LogP contribution in [0.25, 0.3) is 10.4 Å². The SMILES string of the molecule is CC1CC(/C=C/C(=O)N=[N+]=[N-])=CO1. The summed E-state index contributed by atoms with van der Waals surface area (Å²) in [6.07, 6.45) is 5.37. The van der Waals surface area contributed by atoms with E-state index < -0.39 is 5.91 Å². The molecule has 0 N–H and O–H groups in total. The third kappa shape index (κ3) is 3.01. The maximum Gasteiger partial charge on any atom is 0.242 e. The van der Waals surface area contributed by atoms with Crippen LogP contribution >= 0.6 is 0 Å². The highest BCUT2D eigenvalue weighted by Gasteiger charge is 2.10. The number of amides is 1. The number of rotatable bonds is 2. The number of nitrogens with zero attached hydrogens (tertiary/aromatic N) is 3. The van der Waals surface area contributed by atoms with Crippen molar-refractivity contribution in [2.75, 3.05) is 0 Å². The number of hydrogen-bond acceptors (Lipinski definition) is 2. The largest absolute Gasteiger partial charge is 0.498 e. The molecule has 1 aliphatic heterocycles. The van der Waals surface area contributed by atoms with Crippen LogP contribution in [0.1, 0.15) is 13.3 Å². The van der Waals surface area contributed by atoms with E-state index in [0.29, 0.717) is 0 Å². The minimum absolute atomic E-state index is 0.161. The standard InChI is InChI=1S/C8H9N3O2/c1-6-4-7(5-13-6)2-3-8(12)10-11-9/h2-3,5-6H,4H2,1H3/b3-2+. The summed E-state index contributed by atoms with van der Waals surface area (Å²) >= 11 is 0. The average molecular weight is 179 g/mol. The van der Waals surface area contributed by atoms with Crippen LogP contribution < -0.4 is 0 Å². The lowest BCUT2D eigenvalue weighted by molar-refractivity contribution is -0.113. The molecular weight excluding hydrogens is 170 g/mol. The Morgan fingerprint density at radius 1 is 1.92 bits per heavy atom. The van der Waals surface area contributed by atoms with E-state index in [-0.39, 0.29) is 6.10 Å². The summed E-state index contributed by atoms with van der Waals surface area (Å²) in [6.45, 7) is 1.94. The molecule has 68 valence electrons. The van der Waals surface area contributed by atoms with Gasteiger partial charge in [-0.1, -0.05) is 6.08 Å². The van der Waals surface area contributed by atoms with Crippen molar-refractivity contribution in [3.8, 4) is 0 Å². The highest BCUT2D eigenvalue weighted by molar-refractivity contribution is 5.88. The van der Waals surface area contributed by atoms with Crippen molar-refractivity contribution in [3.05, 3.63) is 34.4 Å². The first-order valence-electron chi connectivity index (χ1n) is 3.84. The molecule has 0 aromatic rings. The Hall–Kier alpha value is -1.74. The Kier molecular flexibility index (Phi) is 3.11. The molecule has 0 aromatic heterocycles. The van der Waals surface area contributed by atoms with Gasteiger partial charge in [0.1, 0.15) is 0 Å². The monoisotopic (exact) mass is 179 g/mol. The fourth-order valence-corrected chi connectivity index (χ4v) is 0.995. The van der Waals surface area contributed by atoms with E-state index in [4.69, 9.17) is 10.3 Å². The Balaban J connectivity index is 2.49. The van der Waals surface area contributed by atoms with Gasteiger partial charge in [0.25, 0.3) is 0 Å². The molecule has 1 atom stereocenters. The third-order valence-corrected chi connectivity index (χ3v) is 1.56. The normalized spacial score (nSPS) is 20.7. The fourth-order valence-electron chi connectivity index (χ4n) is 0.995. The minimum atomic E-state index is -0.594. The molecule has 0 aliphatic carbocycles. The third-order valence-electron chi connectivity index (χ3n) is 1.56. The summed E-state index contributed by atoms with van der Waals surface area (Å²) in [5, 5.41) is 2.89. The van der Waals surface area contributed by atoms with E-state index in [0.717, 1.165) is 12.0 Å². The molecule has 0 fully saturated rings. The molecule has 1 rings (SSSR count). The Labute approximate surface area is 75.3 Å². The van der Waals surface area contributed by atoms with Crippen LogP contribution in [0.15, 0.2) is 29.1 Å². The average Bonchev–Trinajstić information content (AvgIpc) is 2.49. The lowest BCUT2D eigenvalue weighted by Gasteiger charge is -1.98. The van der Waals surface area contributed by atoms with Crippen LogP contribution in [0.5, 0.6) is 0 Å². The highest BCUT2D eigenvalue weighted by Crippen LogP contribution is 2.17. The number of ether oxygens (including phenoxy) is 1. The van der Waals surface area contributed by atoms with Crippen LogP contribution in [0.4, 0.5) is 0 Å². The summed E-state index contributed by atoms with van der Waals surface area (Å²) in [5.41, 5.74) is 8.86. The molecule has 0 saturated heterocycles. The number of hydrogen-bond donors (Lipinski definition) is 0. The van der Waals surface area contributed by atoms with Gasteiger partial charge in [0.05, 0.1) is 12.4 Å². The van der Waals surface area contributed by atoms with E-state index in [1.807, 2.05) is 6.92 Å².